The maximum atomic E-state index is 11.3. The summed E-state index contributed by atoms with van der Waals surface area (Å²) in [6, 6.07) is 12.2. The lowest BCUT2D eigenvalue weighted by molar-refractivity contribution is 0.0600. The van der Waals surface area contributed by atoms with Crippen LogP contribution in [-0.4, -0.2) is 26.2 Å². The van der Waals surface area contributed by atoms with Crippen molar-refractivity contribution in [2.24, 2.45) is 0 Å². The number of ether oxygens (including phenoxy) is 2. The van der Waals surface area contributed by atoms with E-state index in [1.54, 1.807) is 36.4 Å². The lowest BCUT2D eigenvalue weighted by atomic mass is 10.2. The van der Waals surface area contributed by atoms with Crippen LogP contribution in [0.5, 0.6) is 5.75 Å². The fraction of sp³-hybridized carbons (Fsp3) is 0.235. The number of nitrogens with one attached hydrogen (secondary N) is 1. The van der Waals surface area contributed by atoms with Gasteiger partial charge in [0.25, 0.3) is 0 Å². The number of carbonyl (C=O) groups excluding carboxylic acids is 1. The Morgan fingerprint density at radius 1 is 1.13 bits per heavy atom. The van der Waals surface area contributed by atoms with Crippen molar-refractivity contribution in [2.75, 3.05) is 25.6 Å². The summed E-state index contributed by atoms with van der Waals surface area (Å²) >= 11 is 11.9. The quantitative estimate of drug-likeness (QED) is 0.580. The summed E-state index contributed by atoms with van der Waals surface area (Å²) in [5.74, 6) is 0.350. The maximum Gasteiger partial charge on any atom is 0.337 e. The Labute approximate surface area is 145 Å². The second-order valence-electron chi connectivity index (χ2n) is 4.77. The fourth-order valence-electron chi connectivity index (χ4n) is 1.92. The van der Waals surface area contributed by atoms with Gasteiger partial charge in [0.15, 0.2) is 0 Å². The molecule has 0 saturated heterocycles. The highest BCUT2D eigenvalue weighted by Crippen LogP contribution is 2.25. The lowest BCUT2D eigenvalue weighted by Crippen LogP contribution is -2.07. The van der Waals surface area contributed by atoms with Crippen molar-refractivity contribution in [3.05, 3.63) is 58.1 Å². The molecule has 0 amide bonds. The molecule has 0 aliphatic rings. The van der Waals surface area contributed by atoms with Gasteiger partial charge in [-0.25, -0.2) is 4.79 Å². The van der Waals surface area contributed by atoms with Crippen LogP contribution in [0.1, 0.15) is 16.8 Å². The van der Waals surface area contributed by atoms with E-state index in [-0.39, 0.29) is 5.97 Å². The number of rotatable bonds is 7. The third-order valence-electron chi connectivity index (χ3n) is 3.11. The van der Waals surface area contributed by atoms with E-state index in [1.165, 1.54) is 7.11 Å². The molecule has 2 aromatic carbocycles. The average molecular weight is 354 g/mol. The van der Waals surface area contributed by atoms with Crippen molar-refractivity contribution < 1.29 is 14.3 Å². The van der Waals surface area contributed by atoms with E-state index in [0.717, 1.165) is 18.7 Å². The Morgan fingerprint density at radius 3 is 2.52 bits per heavy atom. The smallest absolute Gasteiger partial charge is 0.337 e. The van der Waals surface area contributed by atoms with Crippen molar-refractivity contribution in [3.8, 4) is 5.75 Å². The van der Waals surface area contributed by atoms with Crippen molar-refractivity contribution in [1.29, 1.82) is 0 Å². The predicted octanol–water partition coefficient (Wildman–Crippen LogP) is 4.66. The molecule has 0 spiro atoms. The summed E-state index contributed by atoms with van der Waals surface area (Å²) in [6.45, 7) is 1.28. The van der Waals surface area contributed by atoms with Gasteiger partial charge in [-0.15, -0.1) is 0 Å². The Morgan fingerprint density at radius 2 is 1.87 bits per heavy atom. The summed E-state index contributed by atoms with van der Waals surface area (Å²) in [5, 5.41) is 4.43. The molecule has 122 valence electrons. The fourth-order valence-corrected chi connectivity index (χ4v) is 2.40. The minimum atomic E-state index is -0.361. The first kappa shape index (κ1) is 17.4. The number of halogens is 2. The second-order valence-corrected chi connectivity index (χ2v) is 5.61. The van der Waals surface area contributed by atoms with Gasteiger partial charge < -0.3 is 14.8 Å². The Kier molecular flexibility index (Phi) is 6.56. The SMILES string of the molecule is COC(=O)c1ccc(OCCCNc2ccc(Cl)cc2Cl)cc1. The molecule has 2 aromatic rings. The summed E-state index contributed by atoms with van der Waals surface area (Å²) in [7, 11) is 1.35. The Bertz CT molecular complexity index is 659. The topological polar surface area (TPSA) is 47.6 Å². The highest BCUT2D eigenvalue weighted by atomic mass is 35.5. The highest BCUT2D eigenvalue weighted by Gasteiger charge is 2.04. The molecule has 6 heteroatoms. The minimum Gasteiger partial charge on any atom is -0.494 e. The molecule has 0 unspecified atom stereocenters. The molecule has 0 aliphatic heterocycles. The van der Waals surface area contributed by atoms with Crippen LogP contribution < -0.4 is 10.1 Å². The monoisotopic (exact) mass is 353 g/mol. The highest BCUT2D eigenvalue weighted by molar-refractivity contribution is 6.36. The molecule has 4 nitrogen and oxygen atoms in total. The molecule has 23 heavy (non-hydrogen) atoms. The molecule has 0 aliphatic carbocycles. The average Bonchev–Trinajstić information content (AvgIpc) is 2.56. The normalized spacial score (nSPS) is 10.2. The van der Waals surface area contributed by atoms with Crippen LogP contribution in [0.3, 0.4) is 0 Å². The summed E-state index contributed by atoms with van der Waals surface area (Å²) in [5.41, 5.74) is 1.34. The second kappa shape index (κ2) is 8.65. The molecule has 1 N–H and O–H groups in total. The largest absolute Gasteiger partial charge is 0.494 e. The van der Waals surface area contributed by atoms with E-state index in [1.807, 2.05) is 6.07 Å². The van der Waals surface area contributed by atoms with Gasteiger partial charge in [-0.3, -0.25) is 0 Å². The van der Waals surface area contributed by atoms with Crippen molar-refractivity contribution in [2.45, 2.75) is 6.42 Å². The van der Waals surface area contributed by atoms with E-state index in [2.05, 4.69) is 10.1 Å². The standard InChI is InChI=1S/C17H17Cl2NO3/c1-22-17(21)12-3-6-14(7-4-12)23-10-2-9-20-16-8-5-13(18)11-15(16)19/h3-8,11,20H,2,9-10H2,1H3. The molecule has 0 aromatic heterocycles. The first-order chi connectivity index (χ1) is 11.1. The van der Waals surface area contributed by atoms with Crippen LogP contribution in [0, 0.1) is 0 Å². The number of hydrogen-bond donors (Lipinski definition) is 1. The molecule has 2 rings (SSSR count). The zero-order valence-electron chi connectivity index (χ0n) is 12.6. The molecular weight excluding hydrogens is 337 g/mol. The van der Waals surface area contributed by atoms with Gasteiger partial charge in [0.1, 0.15) is 5.75 Å². The van der Waals surface area contributed by atoms with Crippen LogP contribution in [-0.2, 0) is 4.74 Å². The Hall–Kier alpha value is -1.91. The minimum absolute atomic E-state index is 0.361. The predicted molar refractivity (Wildman–Crippen MR) is 92.8 cm³/mol. The molecule has 0 atom stereocenters. The zero-order chi connectivity index (χ0) is 16.7. The van der Waals surface area contributed by atoms with Gasteiger partial charge in [-0.1, -0.05) is 23.2 Å². The molecular formula is C17H17Cl2NO3. The van der Waals surface area contributed by atoms with Crippen molar-refractivity contribution in [1.82, 2.24) is 0 Å². The van der Waals surface area contributed by atoms with Gasteiger partial charge in [-0.05, 0) is 48.9 Å². The molecule has 0 radical (unpaired) electrons. The van der Waals surface area contributed by atoms with Crippen molar-refractivity contribution >= 4 is 34.9 Å². The van der Waals surface area contributed by atoms with Crippen LogP contribution in [0.2, 0.25) is 10.0 Å². The number of hydrogen-bond acceptors (Lipinski definition) is 4. The number of esters is 1. The zero-order valence-corrected chi connectivity index (χ0v) is 14.2. The molecule has 0 fully saturated rings. The van der Waals surface area contributed by atoms with Crippen LogP contribution in [0.15, 0.2) is 42.5 Å². The maximum absolute atomic E-state index is 11.3. The van der Waals surface area contributed by atoms with E-state index in [4.69, 9.17) is 27.9 Å². The molecule has 0 heterocycles. The number of carbonyl (C=O) groups is 1. The van der Waals surface area contributed by atoms with E-state index in [9.17, 15) is 4.79 Å². The lowest BCUT2D eigenvalue weighted by Gasteiger charge is -2.10. The van der Waals surface area contributed by atoms with E-state index >= 15 is 0 Å². The van der Waals surface area contributed by atoms with E-state index in [0.29, 0.717) is 28.0 Å². The summed E-state index contributed by atoms with van der Waals surface area (Å²) < 4.78 is 10.3. The van der Waals surface area contributed by atoms with Crippen LogP contribution in [0.4, 0.5) is 5.69 Å². The number of methoxy groups -OCH3 is 1. The van der Waals surface area contributed by atoms with Crippen LogP contribution in [0.25, 0.3) is 0 Å². The number of anilines is 1. The van der Waals surface area contributed by atoms with E-state index < -0.39 is 0 Å². The van der Waals surface area contributed by atoms with Gasteiger partial charge >= 0.3 is 5.97 Å². The Balaban J connectivity index is 1.72. The summed E-state index contributed by atoms with van der Waals surface area (Å²) in [4.78, 5) is 11.3. The van der Waals surface area contributed by atoms with Gasteiger partial charge in [-0.2, -0.15) is 0 Å². The third kappa shape index (κ3) is 5.34. The van der Waals surface area contributed by atoms with Crippen LogP contribution >= 0.6 is 23.2 Å². The molecule has 0 bridgehead atoms. The van der Waals surface area contributed by atoms with Gasteiger partial charge in [0, 0.05) is 11.6 Å². The van der Waals surface area contributed by atoms with Crippen molar-refractivity contribution in [3.63, 3.8) is 0 Å². The molecule has 0 saturated carbocycles. The van der Waals surface area contributed by atoms with Gasteiger partial charge in [0.05, 0.1) is 30.0 Å². The number of benzene rings is 2. The van der Waals surface area contributed by atoms with Gasteiger partial charge in [0.2, 0.25) is 0 Å². The first-order valence-corrected chi connectivity index (χ1v) is 7.86. The summed E-state index contributed by atoms with van der Waals surface area (Å²) in [6.07, 6.45) is 0.803. The third-order valence-corrected chi connectivity index (χ3v) is 3.66. The first-order valence-electron chi connectivity index (χ1n) is 7.10.